The highest BCUT2D eigenvalue weighted by Gasteiger charge is 2.26. The van der Waals surface area contributed by atoms with E-state index in [0.717, 1.165) is 34.8 Å². The lowest BCUT2D eigenvalue weighted by Gasteiger charge is -2.32. The number of para-hydroxylation sites is 1. The third-order valence-electron chi connectivity index (χ3n) is 5.34. The summed E-state index contributed by atoms with van der Waals surface area (Å²) in [5, 5.41) is 5.73. The molecule has 1 aliphatic rings. The monoisotopic (exact) mass is 409 g/mol. The highest BCUT2D eigenvalue weighted by Crippen LogP contribution is 2.19. The largest absolute Gasteiger partial charge is 0.327 e. The van der Waals surface area contributed by atoms with Gasteiger partial charge >= 0.3 is 0 Å². The van der Waals surface area contributed by atoms with E-state index in [1.54, 1.807) is 29.2 Å². The van der Waals surface area contributed by atoms with E-state index in [9.17, 15) is 14.4 Å². The van der Waals surface area contributed by atoms with Gasteiger partial charge in [0.2, 0.25) is 5.91 Å². The number of hydrogen-bond acceptors (Lipinski definition) is 3. The number of carbonyl (C=O) groups excluding carboxylic acids is 3. The van der Waals surface area contributed by atoms with E-state index in [1.807, 2.05) is 32.0 Å². The predicted octanol–water partition coefficient (Wildman–Crippen LogP) is 1.24. The lowest BCUT2D eigenvalue weighted by atomic mass is 10.1. The molecule has 2 aromatic carbocycles. The lowest BCUT2D eigenvalue weighted by Crippen LogP contribution is -3.15. The van der Waals surface area contributed by atoms with Gasteiger partial charge in [-0.3, -0.25) is 14.4 Å². The van der Waals surface area contributed by atoms with E-state index in [-0.39, 0.29) is 17.7 Å². The smallest absolute Gasteiger partial charge is 0.279 e. The van der Waals surface area contributed by atoms with E-state index in [4.69, 9.17) is 0 Å². The molecule has 3 amide bonds. The average Bonchev–Trinajstić information content (AvgIpc) is 2.70. The van der Waals surface area contributed by atoms with Crippen LogP contribution in [0.2, 0.25) is 0 Å². The van der Waals surface area contributed by atoms with Crippen LogP contribution in [-0.4, -0.2) is 55.3 Å². The van der Waals surface area contributed by atoms with Gasteiger partial charge in [0.1, 0.15) is 0 Å². The number of nitrogens with one attached hydrogen (secondary N) is 3. The van der Waals surface area contributed by atoms with Gasteiger partial charge in [0, 0.05) is 23.9 Å². The average molecular weight is 410 g/mol. The van der Waals surface area contributed by atoms with Gasteiger partial charge in [-0.05, 0) is 43.2 Å². The van der Waals surface area contributed by atoms with Gasteiger partial charge in [-0.25, -0.2) is 0 Å². The molecule has 0 saturated carbocycles. The van der Waals surface area contributed by atoms with Crippen molar-refractivity contribution >= 4 is 29.1 Å². The van der Waals surface area contributed by atoms with E-state index < -0.39 is 0 Å². The first-order valence-electron chi connectivity index (χ1n) is 10.2. The topological polar surface area (TPSA) is 83.0 Å². The van der Waals surface area contributed by atoms with Crippen LogP contribution in [0.3, 0.4) is 0 Å². The van der Waals surface area contributed by atoms with Gasteiger partial charge in [0.25, 0.3) is 11.8 Å². The van der Waals surface area contributed by atoms with Crippen molar-refractivity contribution in [1.29, 1.82) is 0 Å². The fourth-order valence-corrected chi connectivity index (χ4v) is 3.74. The normalized spacial score (nSPS) is 14.3. The molecule has 0 aromatic heterocycles. The quantitative estimate of drug-likeness (QED) is 0.695. The zero-order valence-corrected chi connectivity index (χ0v) is 17.7. The second-order valence-corrected chi connectivity index (χ2v) is 7.80. The summed E-state index contributed by atoms with van der Waals surface area (Å²) < 4.78 is 0. The molecular formula is C23H29N4O3+. The van der Waals surface area contributed by atoms with Gasteiger partial charge in [-0.2, -0.15) is 0 Å². The molecule has 7 nitrogen and oxygen atoms in total. The molecule has 0 atom stereocenters. The molecular weight excluding hydrogens is 380 g/mol. The standard InChI is InChI=1S/C23H28N4O3/c1-16-6-4-7-17(2)22(16)25-21(29)15-26-10-12-27(13-11-26)23(30)19-8-5-9-20(14-19)24-18(3)28/h4-9,14H,10-13,15H2,1-3H3,(H,24,28)(H,25,29)/p+1. The Hall–Kier alpha value is -3.19. The van der Waals surface area contributed by atoms with Crippen LogP contribution in [0.5, 0.6) is 0 Å². The van der Waals surface area contributed by atoms with Crippen molar-refractivity contribution in [1.82, 2.24) is 4.90 Å². The maximum Gasteiger partial charge on any atom is 0.279 e. The number of amides is 3. The number of piperazine rings is 1. The second-order valence-electron chi connectivity index (χ2n) is 7.80. The summed E-state index contributed by atoms with van der Waals surface area (Å²) in [4.78, 5) is 39.5. The van der Waals surface area contributed by atoms with E-state index in [1.165, 1.54) is 6.92 Å². The van der Waals surface area contributed by atoms with Crippen molar-refractivity contribution in [3.05, 3.63) is 59.2 Å². The first kappa shape index (κ1) is 21.5. The summed E-state index contributed by atoms with van der Waals surface area (Å²) in [6, 6.07) is 12.9. The predicted molar refractivity (Wildman–Crippen MR) is 117 cm³/mol. The van der Waals surface area contributed by atoms with Crippen LogP contribution in [0, 0.1) is 13.8 Å². The molecule has 1 fully saturated rings. The third-order valence-corrected chi connectivity index (χ3v) is 5.34. The Kier molecular flexibility index (Phi) is 6.84. The minimum Gasteiger partial charge on any atom is -0.327 e. The summed E-state index contributed by atoms with van der Waals surface area (Å²) in [5.74, 6) is -0.234. The van der Waals surface area contributed by atoms with Crippen LogP contribution in [-0.2, 0) is 9.59 Å². The van der Waals surface area contributed by atoms with Crippen molar-refractivity contribution in [2.45, 2.75) is 20.8 Å². The van der Waals surface area contributed by atoms with Crippen molar-refractivity contribution in [2.24, 2.45) is 0 Å². The van der Waals surface area contributed by atoms with E-state index >= 15 is 0 Å². The Bertz CT molecular complexity index is 929. The highest BCUT2D eigenvalue weighted by atomic mass is 16.2. The number of carbonyl (C=O) groups is 3. The summed E-state index contributed by atoms with van der Waals surface area (Å²) in [7, 11) is 0. The van der Waals surface area contributed by atoms with Crippen LogP contribution < -0.4 is 15.5 Å². The van der Waals surface area contributed by atoms with Gasteiger partial charge < -0.3 is 20.4 Å². The maximum atomic E-state index is 12.8. The zero-order valence-electron chi connectivity index (χ0n) is 17.7. The zero-order chi connectivity index (χ0) is 21.7. The van der Waals surface area contributed by atoms with Crippen LogP contribution in [0.4, 0.5) is 11.4 Å². The Morgan fingerprint density at radius 1 is 0.967 bits per heavy atom. The van der Waals surface area contributed by atoms with Crippen LogP contribution in [0.1, 0.15) is 28.4 Å². The third kappa shape index (κ3) is 5.45. The summed E-state index contributed by atoms with van der Waals surface area (Å²) in [6.45, 7) is 8.42. The SMILES string of the molecule is CC(=O)Nc1cccc(C(=O)N2CC[NH+](CC(=O)Nc3c(C)cccc3C)CC2)c1. The van der Waals surface area contributed by atoms with Gasteiger partial charge in [-0.1, -0.05) is 24.3 Å². The molecule has 3 rings (SSSR count). The summed E-state index contributed by atoms with van der Waals surface area (Å²) in [6.07, 6.45) is 0. The number of aryl methyl sites for hydroxylation is 2. The van der Waals surface area contributed by atoms with Gasteiger partial charge in [0.05, 0.1) is 26.2 Å². The Labute approximate surface area is 177 Å². The molecule has 0 bridgehead atoms. The molecule has 30 heavy (non-hydrogen) atoms. The molecule has 1 saturated heterocycles. The Morgan fingerprint density at radius 2 is 1.60 bits per heavy atom. The number of hydrogen-bond donors (Lipinski definition) is 3. The minimum absolute atomic E-state index is 0.00909. The Balaban J connectivity index is 1.53. The first-order valence-corrected chi connectivity index (χ1v) is 10.2. The minimum atomic E-state index is -0.170. The van der Waals surface area contributed by atoms with Gasteiger partial charge in [-0.15, -0.1) is 0 Å². The summed E-state index contributed by atoms with van der Waals surface area (Å²) in [5.41, 5.74) is 4.15. The maximum absolute atomic E-state index is 12.8. The van der Waals surface area contributed by atoms with Gasteiger partial charge in [0.15, 0.2) is 6.54 Å². The molecule has 0 spiro atoms. The number of benzene rings is 2. The molecule has 2 aromatic rings. The molecule has 1 heterocycles. The number of anilines is 2. The van der Waals surface area contributed by atoms with Crippen LogP contribution in [0.15, 0.2) is 42.5 Å². The molecule has 3 N–H and O–H groups in total. The molecule has 0 radical (unpaired) electrons. The number of rotatable bonds is 5. The van der Waals surface area contributed by atoms with Crippen molar-refractivity contribution in [3.8, 4) is 0 Å². The number of quaternary nitrogens is 1. The fourth-order valence-electron chi connectivity index (χ4n) is 3.74. The molecule has 158 valence electrons. The summed E-state index contributed by atoms with van der Waals surface area (Å²) >= 11 is 0. The number of nitrogens with zero attached hydrogens (tertiary/aromatic N) is 1. The van der Waals surface area contributed by atoms with Crippen molar-refractivity contribution < 1.29 is 19.3 Å². The first-order chi connectivity index (χ1) is 14.3. The molecule has 0 aliphatic carbocycles. The van der Waals surface area contributed by atoms with Crippen LogP contribution >= 0.6 is 0 Å². The lowest BCUT2D eigenvalue weighted by molar-refractivity contribution is -0.895. The highest BCUT2D eigenvalue weighted by molar-refractivity contribution is 5.97. The Morgan fingerprint density at radius 3 is 2.23 bits per heavy atom. The van der Waals surface area contributed by atoms with E-state index in [2.05, 4.69) is 10.6 Å². The molecule has 1 aliphatic heterocycles. The van der Waals surface area contributed by atoms with Crippen molar-refractivity contribution in [2.75, 3.05) is 43.4 Å². The van der Waals surface area contributed by atoms with E-state index in [0.29, 0.717) is 30.9 Å². The van der Waals surface area contributed by atoms with Crippen molar-refractivity contribution in [3.63, 3.8) is 0 Å². The van der Waals surface area contributed by atoms with Crippen LogP contribution in [0.25, 0.3) is 0 Å². The second kappa shape index (κ2) is 9.54. The molecule has 0 unspecified atom stereocenters. The molecule has 7 heteroatoms. The fraction of sp³-hybridized carbons (Fsp3) is 0.348.